The quantitative estimate of drug-likeness (QED) is 0.840. The molecule has 2 aromatic heterocycles. The lowest BCUT2D eigenvalue weighted by molar-refractivity contribution is -0.133. The third kappa shape index (κ3) is 3.60. The second-order valence-electron chi connectivity index (χ2n) is 7.45. The summed E-state index contributed by atoms with van der Waals surface area (Å²) in [4.78, 5) is 23.1. The first kappa shape index (κ1) is 16.3. The van der Waals surface area contributed by atoms with Crippen LogP contribution in [-0.2, 0) is 11.3 Å². The molecule has 2 aromatic rings. The fourth-order valence-electron chi connectivity index (χ4n) is 3.81. The van der Waals surface area contributed by atoms with E-state index in [2.05, 4.69) is 32.4 Å². The van der Waals surface area contributed by atoms with Gasteiger partial charge in [-0.1, -0.05) is 0 Å². The molecule has 2 fully saturated rings. The Hall–Kier alpha value is -2.17. The normalized spacial score (nSPS) is 18.5. The van der Waals surface area contributed by atoms with Gasteiger partial charge in [-0.2, -0.15) is 0 Å². The number of aryl methyl sites for hydroxylation is 1. The number of pyridine rings is 1. The van der Waals surface area contributed by atoms with Gasteiger partial charge < -0.3 is 9.47 Å². The van der Waals surface area contributed by atoms with E-state index < -0.39 is 0 Å². The molecular formula is C20H26N4O. The van der Waals surface area contributed by atoms with Gasteiger partial charge in [0, 0.05) is 55.4 Å². The number of piperidine rings is 1. The summed E-state index contributed by atoms with van der Waals surface area (Å²) in [6.45, 7) is 4.98. The van der Waals surface area contributed by atoms with Gasteiger partial charge in [-0.15, -0.1) is 0 Å². The van der Waals surface area contributed by atoms with Crippen molar-refractivity contribution in [2.45, 2.75) is 45.6 Å². The zero-order chi connectivity index (χ0) is 17.2. The van der Waals surface area contributed by atoms with Gasteiger partial charge >= 0.3 is 0 Å². The number of carbonyl (C=O) groups is 1. The van der Waals surface area contributed by atoms with E-state index in [1.165, 1.54) is 5.69 Å². The fraction of sp³-hybridized carbons (Fsp3) is 0.550. The fourth-order valence-corrected chi connectivity index (χ4v) is 3.81. The van der Waals surface area contributed by atoms with E-state index in [4.69, 9.17) is 0 Å². The van der Waals surface area contributed by atoms with Crippen LogP contribution in [0.2, 0.25) is 0 Å². The SMILES string of the molecule is Cc1cnc(-c2cccnc2)n1CCC1CCN(C(=O)C2CC2)CC1. The summed E-state index contributed by atoms with van der Waals surface area (Å²) in [5.41, 5.74) is 2.26. The Balaban J connectivity index is 1.35. The largest absolute Gasteiger partial charge is 0.342 e. The van der Waals surface area contributed by atoms with Crippen LogP contribution >= 0.6 is 0 Å². The standard InChI is InChI=1S/C20H26N4O/c1-15-13-22-19(18-3-2-9-21-14-18)24(15)12-8-16-6-10-23(11-7-16)20(25)17-4-5-17/h2-3,9,13-14,16-17H,4-8,10-12H2,1H3. The molecule has 1 aliphatic heterocycles. The van der Waals surface area contributed by atoms with E-state index in [1.54, 1.807) is 6.20 Å². The van der Waals surface area contributed by atoms with Crippen molar-refractivity contribution in [1.29, 1.82) is 0 Å². The monoisotopic (exact) mass is 338 g/mol. The average Bonchev–Trinajstić information content (AvgIpc) is 3.44. The maximum Gasteiger partial charge on any atom is 0.225 e. The van der Waals surface area contributed by atoms with Crippen molar-refractivity contribution in [3.05, 3.63) is 36.4 Å². The van der Waals surface area contributed by atoms with Crippen LogP contribution in [0.15, 0.2) is 30.7 Å². The second kappa shape index (κ2) is 6.98. The predicted octanol–water partition coefficient (Wildman–Crippen LogP) is 3.29. The summed E-state index contributed by atoms with van der Waals surface area (Å²) in [6.07, 6.45) is 11.2. The Kier molecular flexibility index (Phi) is 4.55. The van der Waals surface area contributed by atoms with Gasteiger partial charge in [0.05, 0.1) is 0 Å². The average molecular weight is 338 g/mol. The van der Waals surface area contributed by atoms with E-state index in [-0.39, 0.29) is 0 Å². The molecule has 1 aliphatic carbocycles. The van der Waals surface area contributed by atoms with Crippen molar-refractivity contribution >= 4 is 5.91 Å². The first-order chi connectivity index (χ1) is 12.2. The Labute approximate surface area is 149 Å². The first-order valence-corrected chi connectivity index (χ1v) is 9.43. The van der Waals surface area contributed by atoms with Gasteiger partial charge in [0.15, 0.2) is 0 Å². The first-order valence-electron chi connectivity index (χ1n) is 9.43. The molecule has 0 spiro atoms. The van der Waals surface area contributed by atoms with E-state index in [1.807, 2.05) is 18.5 Å². The lowest BCUT2D eigenvalue weighted by atomic mass is 9.93. The van der Waals surface area contributed by atoms with Crippen molar-refractivity contribution in [3.8, 4) is 11.4 Å². The number of aromatic nitrogens is 3. The Bertz CT molecular complexity index is 727. The Morgan fingerprint density at radius 1 is 1.20 bits per heavy atom. The van der Waals surface area contributed by atoms with Crippen LogP contribution in [0, 0.1) is 18.8 Å². The van der Waals surface area contributed by atoms with Crippen molar-refractivity contribution in [1.82, 2.24) is 19.4 Å². The van der Waals surface area contributed by atoms with E-state index in [0.29, 0.717) is 17.7 Å². The minimum atomic E-state index is 0.354. The topological polar surface area (TPSA) is 51.0 Å². The summed E-state index contributed by atoms with van der Waals surface area (Å²) in [5, 5.41) is 0. The van der Waals surface area contributed by atoms with Crippen LogP contribution in [0.25, 0.3) is 11.4 Å². The molecule has 0 aromatic carbocycles. The molecule has 0 radical (unpaired) electrons. The maximum atomic E-state index is 12.2. The smallest absolute Gasteiger partial charge is 0.225 e. The van der Waals surface area contributed by atoms with Crippen LogP contribution in [0.3, 0.4) is 0 Å². The highest BCUT2D eigenvalue weighted by molar-refractivity contribution is 5.81. The molecule has 5 heteroatoms. The van der Waals surface area contributed by atoms with Crippen molar-refractivity contribution in [2.75, 3.05) is 13.1 Å². The highest BCUT2D eigenvalue weighted by Gasteiger charge is 2.34. The second-order valence-corrected chi connectivity index (χ2v) is 7.45. The molecule has 5 nitrogen and oxygen atoms in total. The lowest BCUT2D eigenvalue weighted by Gasteiger charge is -2.32. The van der Waals surface area contributed by atoms with Gasteiger partial charge in [0.1, 0.15) is 5.82 Å². The summed E-state index contributed by atoms with van der Waals surface area (Å²) in [6, 6.07) is 4.02. The summed E-state index contributed by atoms with van der Waals surface area (Å²) >= 11 is 0. The number of rotatable bonds is 5. The van der Waals surface area contributed by atoms with Crippen LogP contribution in [0.4, 0.5) is 0 Å². The number of hydrogen-bond donors (Lipinski definition) is 0. The highest BCUT2D eigenvalue weighted by atomic mass is 16.2. The molecule has 1 saturated heterocycles. The van der Waals surface area contributed by atoms with Crippen LogP contribution in [0.5, 0.6) is 0 Å². The van der Waals surface area contributed by atoms with Gasteiger partial charge in [-0.05, 0) is 57.1 Å². The predicted molar refractivity (Wildman–Crippen MR) is 96.8 cm³/mol. The van der Waals surface area contributed by atoms with Crippen LogP contribution in [-0.4, -0.2) is 38.4 Å². The minimum absolute atomic E-state index is 0.354. The van der Waals surface area contributed by atoms with Gasteiger partial charge in [0.25, 0.3) is 0 Å². The molecule has 0 N–H and O–H groups in total. The van der Waals surface area contributed by atoms with Crippen molar-refractivity contribution < 1.29 is 4.79 Å². The molecule has 0 atom stereocenters. The molecule has 132 valence electrons. The van der Waals surface area contributed by atoms with Gasteiger partial charge in [0.2, 0.25) is 5.91 Å². The number of imidazole rings is 1. The van der Waals surface area contributed by atoms with Crippen molar-refractivity contribution in [3.63, 3.8) is 0 Å². The molecule has 2 aliphatic rings. The third-order valence-electron chi connectivity index (χ3n) is 5.59. The van der Waals surface area contributed by atoms with Gasteiger partial charge in [-0.25, -0.2) is 4.98 Å². The zero-order valence-corrected chi connectivity index (χ0v) is 14.9. The van der Waals surface area contributed by atoms with Crippen LogP contribution in [0.1, 0.15) is 37.8 Å². The number of hydrogen-bond acceptors (Lipinski definition) is 3. The van der Waals surface area contributed by atoms with E-state index in [9.17, 15) is 4.79 Å². The molecule has 0 bridgehead atoms. The summed E-state index contributed by atoms with van der Waals surface area (Å²) in [5.74, 6) is 2.47. The lowest BCUT2D eigenvalue weighted by Crippen LogP contribution is -2.39. The minimum Gasteiger partial charge on any atom is -0.342 e. The molecule has 3 heterocycles. The maximum absolute atomic E-state index is 12.2. The summed E-state index contributed by atoms with van der Waals surface area (Å²) < 4.78 is 2.30. The van der Waals surface area contributed by atoms with Crippen molar-refractivity contribution in [2.24, 2.45) is 11.8 Å². The molecule has 4 rings (SSSR count). The highest BCUT2D eigenvalue weighted by Crippen LogP contribution is 2.33. The molecule has 0 unspecified atom stereocenters. The number of carbonyl (C=O) groups excluding carboxylic acids is 1. The molecule has 1 saturated carbocycles. The summed E-state index contributed by atoms with van der Waals surface area (Å²) in [7, 11) is 0. The number of nitrogens with zero attached hydrogens (tertiary/aromatic N) is 4. The molecular weight excluding hydrogens is 312 g/mol. The zero-order valence-electron chi connectivity index (χ0n) is 14.9. The van der Waals surface area contributed by atoms with E-state index >= 15 is 0 Å². The Morgan fingerprint density at radius 3 is 2.68 bits per heavy atom. The number of likely N-dealkylation sites (tertiary alicyclic amines) is 1. The van der Waals surface area contributed by atoms with Gasteiger partial charge in [-0.3, -0.25) is 9.78 Å². The third-order valence-corrected chi connectivity index (χ3v) is 5.59. The molecule has 25 heavy (non-hydrogen) atoms. The van der Waals surface area contributed by atoms with E-state index in [0.717, 1.165) is 63.1 Å². The Morgan fingerprint density at radius 2 is 2.00 bits per heavy atom. The molecule has 1 amide bonds. The van der Waals surface area contributed by atoms with Crippen LogP contribution < -0.4 is 0 Å². The number of amides is 1.